The van der Waals surface area contributed by atoms with Crippen LogP contribution < -0.4 is 14.2 Å². The highest BCUT2D eigenvalue weighted by molar-refractivity contribution is 5.68. The molecule has 134 valence electrons. The topological polar surface area (TPSA) is 57.2 Å². The molecule has 6 nitrogen and oxygen atoms in total. The van der Waals surface area contributed by atoms with E-state index < -0.39 is 5.60 Å². The smallest absolute Gasteiger partial charge is 0.410 e. The van der Waals surface area contributed by atoms with Crippen LogP contribution >= 0.6 is 0 Å². The van der Waals surface area contributed by atoms with E-state index in [0.717, 1.165) is 12.0 Å². The van der Waals surface area contributed by atoms with Crippen LogP contribution in [0.3, 0.4) is 0 Å². The minimum Gasteiger partial charge on any atom is -0.493 e. The van der Waals surface area contributed by atoms with Crippen LogP contribution in [0.1, 0.15) is 38.7 Å². The van der Waals surface area contributed by atoms with Crippen LogP contribution in [0, 0.1) is 0 Å². The van der Waals surface area contributed by atoms with Gasteiger partial charge in [0.2, 0.25) is 5.75 Å². The molecular formula is C18H27NO5. The Bertz CT molecular complexity index is 569. The number of rotatable bonds is 4. The Morgan fingerprint density at radius 3 is 2.12 bits per heavy atom. The predicted molar refractivity (Wildman–Crippen MR) is 91.3 cm³/mol. The molecule has 2 rings (SSSR count). The summed E-state index contributed by atoms with van der Waals surface area (Å²) < 4.78 is 21.6. The largest absolute Gasteiger partial charge is 0.493 e. The molecule has 0 spiro atoms. The van der Waals surface area contributed by atoms with Gasteiger partial charge in [-0.05, 0) is 44.9 Å². The summed E-state index contributed by atoms with van der Waals surface area (Å²) in [6.07, 6.45) is 0.607. The minimum absolute atomic E-state index is 0.214. The van der Waals surface area contributed by atoms with E-state index in [4.69, 9.17) is 18.9 Å². The number of hydrogen-bond donors (Lipinski definition) is 0. The summed E-state index contributed by atoms with van der Waals surface area (Å²) in [7, 11) is 4.78. The first kappa shape index (κ1) is 18.2. The van der Waals surface area contributed by atoms with Gasteiger partial charge in [-0.3, -0.25) is 0 Å². The Labute approximate surface area is 143 Å². The molecule has 1 unspecified atom stereocenters. The van der Waals surface area contributed by atoms with E-state index in [1.54, 1.807) is 26.2 Å². The van der Waals surface area contributed by atoms with Gasteiger partial charge >= 0.3 is 6.09 Å². The second-order valence-electron chi connectivity index (χ2n) is 6.87. The molecule has 24 heavy (non-hydrogen) atoms. The number of carbonyl (C=O) groups is 1. The van der Waals surface area contributed by atoms with E-state index in [1.165, 1.54) is 0 Å². The van der Waals surface area contributed by atoms with Gasteiger partial charge in [0, 0.05) is 19.0 Å². The maximum absolute atomic E-state index is 12.2. The molecule has 0 bridgehead atoms. The lowest BCUT2D eigenvalue weighted by Gasteiger charge is -2.24. The monoisotopic (exact) mass is 337 g/mol. The highest BCUT2D eigenvalue weighted by atomic mass is 16.6. The van der Waals surface area contributed by atoms with Crippen LogP contribution in [-0.4, -0.2) is 51.0 Å². The van der Waals surface area contributed by atoms with Crippen molar-refractivity contribution in [2.24, 2.45) is 0 Å². The number of benzene rings is 1. The van der Waals surface area contributed by atoms with Crippen LogP contribution in [-0.2, 0) is 4.74 Å². The third-order valence-corrected chi connectivity index (χ3v) is 4.00. The van der Waals surface area contributed by atoms with Gasteiger partial charge in [0.1, 0.15) is 5.60 Å². The fourth-order valence-corrected chi connectivity index (χ4v) is 2.86. The minimum atomic E-state index is -0.484. The number of carbonyl (C=O) groups excluding carboxylic acids is 1. The highest BCUT2D eigenvalue weighted by Gasteiger charge is 2.31. The average Bonchev–Trinajstić information content (AvgIpc) is 3.01. The zero-order valence-corrected chi connectivity index (χ0v) is 15.3. The number of ether oxygens (including phenoxy) is 4. The third kappa shape index (κ3) is 4.04. The molecule has 0 aromatic heterocycles. The molecule has 1 heterocycles. The van der Waals surface area contributed by atoms with Gasteiger partial charge in [-0.1, -0.05) is 0 Å². The number of likely N-dealkylation sites (tertiary alicyclic amines) is 1. The number of nitrogens with zero attached hydrogens (tertiary/aromatic N) is 1. The van der Waals surface area contributed by atoms with Crippen LogP contribution in [0.5, 0.6) is 17.2 Å². The van der Waals surface area contributed by atoms with Crippen molar-refractivity contribution in [3.63, 3.8) is 0 Å². The zero-order chi connectivity index (χ0) is 17.9. The fraction of sp³-hybridized carbons (Fsp3) is 0.611. The number of amides is 1. The lowest BCUT2D eigenvalue weighted by atomic mass is 9.97. The molecule has 1 saturated heterocycles. The Kier molecular flexibility index (Phi) is 5.47. The van der Waals surface area contributed by atoms with E-state index in [1.807, 2.05) is 32.9 Å². The van der Waals surface area contributed by atoms with Crippen molar-refractivity contribution in [2.45, 2.75) is 38.7 Å². The van der Waals surface area contributed by atoms with Crippen molar-refractivity contribution < 1.29 is 23.7 Å². The Hall–Kier alpha value is -2.11. The molecule has 0 N–H and O–H groups in total. The van der Waals surface area contributed by atoms with E-state index in [9.17, 15) is 4.79 Å². The quantitative estimate of drug-likeness (QED) is 0.842. The maximum Gasteiger partial charge on any atom is 0.410 e. The van der Waals surface area contributed by atoms with Crippen molar-refractivity contribution in [1.29, 1.82) is 0 Å². The van der Waals surface area contributed by atoms with Gasteiger partial charge < -0.3 is 23.8 Å². The van der Waals surface area contributed by atoms with Crippen molar-refractivity contribution in [3.05, 3.63) is 17.7 Å². The molecule has 0 saturated carbocycles. The molecule has 1 aliphatic rings. The predicted octanol–water partition coefficient (Wildman–Crippen LogP) is 3.44. The molecule has 1 aliphatic heterocycles. The molecule has 6 heteroatoms. The second-order valence-corrected chi connectivity index (χ2v) is 6.87. The van der Waals surface area contributed by atoms with Gasteiger partial charge in [0.15, 0.2) is 11.5 Å². The summed E-state index contributed by atoms with van der Waals surface area (Å²) in [6, 6.07) is 3.90. The van der Waals surface area contributed by atoms with E-state index in [2.05, 4.69) is 0 Å². The molecule has 1 aromatic carbocycles. The van der Waals surface area contributed by atoms with Crippen molar-refractivity contribution in [3.8, 4) is 17.2 Å². The Morgan fingerprint density at radius 2 is 1.67 bits per heavy atom. The molecular weight excluding hydrogens is 310 g/mol. The van der Waals surface area contributed by atoms with Crippen molar-refractivity contribution in [2.75, 3.05) is 34.4 Å². The summed E-state index contributed by atoms with van der Waals surface area (Å²) in [5.41, 5.74) is 0.581. The molecule has 1 aromatic rings. The summed E-state index contributed by atoms with van der Waals surface area (Å²) >= 11 is 0. The zero-order valence-electron chi connectivity index (χ0n) is 15.3. The standard InChI is InChI=1S/C18H27NO5/c1-18(2,3)24-17(20)19-8-7-12(11-19)13-9-14(21-4)16(23-6)15(10-13)22-5/h9-10,12H,7-8,11H2,1-6H3. The fourth-order valence-electron chi connectivity index (χ4n) is 2.86. The van der Waals surface area contributed by atoms with Gasteiger partial charge in [0.05, 0.1) is 21.3 Å². The third-order valence-electron chi connectivity index (χ3n) is 4.00. The number of hydrogen-bond acceptors (Lipinski definition) is 5. The molecule has 0 radical (unpaired) electrons. The first-order valence-corrected chi connectivity index (χ1v) is 8.07. The van der Waals surface area contributed by atoms with Crippen LogP contribution in [0.4, 0.5) is 4.79 Å². The lowest BCUT2D eigenvalue weighted by Crippen LogP contribution is -2.35. The van der Waals surface area contributed by atoms with E-state index >= 15 is 0 Å². The Morgan fingerprint density at radius 1 is 1.08 bits per heavy atom. The summed E-state index contributed by atoms with van der Waals surface area (Å²) in [4.78, 5) is 14.0. The SMILES string of the molecule is COc1cc(C2CCN(C(=O)OC(C)(C)C)C2)cc(OC)c1OC. The Balaban J connectivity index is 2.17. The average molecular weight is 337 g/mol. The van der Waals surface area contributed by atoms with E-state index in [0.29, 0.717) is 30.3 Å². The maximum atomic E-state index is 12.2. The van der Waals surface area contributed by atoms with Crippen molar-refractivity contribution >= 4 is 6.09 Å². The normalized spacial score (nSPS) is 17.6. The van der Waals surface area contributed by atoms with Gasteiger partial charge in [-0.25, -0.2) is 4.79 Å². The van der Waals surface area contributed by atoms with Crippen molar-refractivity contribution in [1.82, 2.24) is 4.90 Å². The molecule has 1 atom stereocenters. The second kappa shape index (κ2) is 7.20. The summed E-state index contributed by atoms with van der Waals surface area (Å²) in [6.45, 7) is 6.91. The summed E-state index contributed by atoms with van der Waals surface area (Å²) in [5, 5.41) is 0. The summed E-state index contributed by atoms with van der Waals surface area (Å²) in [5.74, 6) is 2.04. The number of methoxy groups -OCH3 is 3. The van der Waals surface area contributed by atoms with Gasteiger partial charge in [0.25, 0.3) is 0 Å². The first-order chi connectivity index (χ1) is 11.3. The highest BCUT2D eigenvalue weighted by Crippen LogP contribution is 2.41. The lowest BCUT2D eigenvalue weighted by molar-refractivity contribution is 0.0292. The molecule has 1 amide bonds. The molecule has 1 fully saturated rings. The van der Waals surface area contributed by atoms with E-state index in [-0.39, 0.29) is 12.0 Å². The van der Waals surface area contributed by atoms with Crippen LogP contribution in [0.15, 0.2) is 12.1 Å². The van der Waals surface area contributed by atoms with Crippen LogP contribution in [0.25, 0.3) is 0 Å². The van der Waals surface area contributed by atoms with Gasteiger partial charge in [-0.2, -0.15) is 0 Å². The molecule has 0 aliphatic carbocycles. The first-order valence-electron chi connectivity index (χ1n) is 8.07. The van der Waals surface area contributed by atoms with Gasteiger partial charge in [-0.15, -0.1) is 0 Å². The van der Waals surface area contributed by atoms with Crippen LogP contribution in [0.2, 0.25) is 0 Å².